The molecule has 0 radical (unpaired) electrons. The first kappa shape index (κ1) is 11.7. The average Bonchev–Trinajstić information content (AvgIpc) is 2.19. The largest absolute Gasteiger partial charge is 0.506 e. The Balaban J connectivity index is 3.24. The van der Waals surface area contributed by atoms with Crippen molar-refractivity contribution in [3.63, 3.8) is 0 Å². The minimum Gasteiger partial charge on any atom is -0.506 e. The fraction of sp³-hybridized carbons (Fsp3) is 0.0909. The van der Waals surface area contributed by atoms with Gasteiger partial charge in [0.1, 0.15) is 21.1 Å². The number of benzene rings is 1. The van der Waals surface area contributed by atoms with E-state index in [2.05, 4.69) is 0 Å². The van der Waals surface area contributed by atoms with Crippen molar-refractivity contribution in [2.75, 3.05) is 0 Å². The van der Waals surface area contributed by atoms with Crippen LogP contribution in [0.1, 0.15) is 11.1 Å². The molecule has 0 aliphatic heterocycles. The summed E-state index contributed by atoms with van der Waals surface area (Å²) in [6.07, 6.45) is 0. The van der Waals surface area contributed by atoms with Crippen molar-refractivity contribution in [3.05, 3.63) is 41.0 Å². The third-order valence-corrected chi connectivity index (χ3v) is 2.43. The topological polar surface area (TPSA) is 67.9 Å². The van der Waals surface area contributed by atoms with Crippen LogP contribution in [0.2, 0.25) is 0 Å². The molecule has 76 valence electrons. The molecule has 0 aromatic heterocycles. The highest BCUT2D eigenvalue weighted by molar-refractivity contribution is 14.1. The number of aryl methyl sites for hydroxylation is 1. The molecule has 0 amide bonds. The van der Waals surface area contributed by atoms with Crippen LogP contribution in [0.25, 0.3) is 5.76 Å². The molecular weight excluding hydrogens is 303 g/mol. The molecule has 0 unspecified atom stereocenters. The van der Waals surface area contributed by atoms with Crippen LogP contribution in [0.15, 0.2) is 29.8 Å². The van der Waals surface area contributed by atoms with E-state index in [0.717, 1.165) is 5.56 Å². The van der Waals surface area contributed by atoms with Crippen molar-refractivity contribution in [3.8, 4) is 6.07 Å². The van der Waals surface area contributed by atoms with Crippen LogP contribution in [0.3, 0.4) is 0 Å². The molecule has 0 saturated carbocycles. The number of hydrogen-bond acceptors (Lipinski definition) is 3. The van der Waals surface area contributed by atoms with Gasteiger partial charge in [0.2, 0.25) is 0 Å². The summed E-state index contributed by atoms with van der Waals surface area (Å²) in [6, 6.07) is 8.95. The van der Waals surface area contributed by atoms with Gasteiger partial charge in [-0.05, 0) is 29.5 Å². The van der Waals surface area contributed by atoms with Crippen LogP contribution in [-0.2, 0) is 0 Å². The van der Waals surface area contributed by atoms with Crippen molar-refractivity contribution in [1.29, 1.82) is 10.7 Å². The lowest BCUT2D eigenvalue weighted by molar-refractivity contribution is 0.510. The molecule has 0 atom stereocenters. The third kappa shape index (κ3) is 2.80. The fourth-order valence-corrected chi connectivity index (χ4v) is 1.44. The second kappa shape index (κ2) is 4.94. The molecule has 0 saturated heterocycles. The van der Waals surface area contributed by atoms with E-state index >= 15 is 0 Å². The van der Waals surface area contributed by atoms with Gasteiger partial charge in [0.05, 0.1) is 0 Å². The molecule has 0 heterocycles. The normalized spacial score (nSPS) is 11.5. The summed E-state index contributed by atoms with van der Waals surface area (Å²) in [6.45, 7) is 1.94. The minimum absolute atomic E-state index is 0.000506. The second-order valence-corrected chi connectivity index (χ2v) is 4.09. The Kier molecular flexibility index (Phi) is 3.86. The van der Waals surface area contributed by atoms with E-state index in [1.165, 1.54) is 0 Å². The SMILES string of the molecule is Cc1ccc(/C(O)=C(\C#N)C(=N)I)cc1. The molecule has 4 heteroatoms. The highest BCUT2D eigenvalue weighted by Gasteiger charge is 2.10. The maximum Gasteiger partial charge on any atom is 0.143 e. The van der Waals surface area contributed by atoms with Crippen molar-refractivity contribution < 1.29 is 5.11 Å². The Hall–Kier alpha value is -1.35. The van der Waals surface area contributed by atoms with Gasteiger partial charge in [-0.25, -0.2) is 0 Å². The van der Waals surface area contributed by atoms with Crippen LogP contribution in [0.5, 0.6) is 0 Å². The second-order valence-electron chi connectivity index (χ2n) is 3.02. The van der Waals surface area contributed by atoms with Gasteiger partial charge in [-0.3, -0.25) is 5.41 Å². The Morgan fingerprint density at radius 1 is 1.40 bits per heavy atom. The van der Waals surface area contributed by atoms with Crippen molar-refractivity contribution >= 4 is 32.1 Å². The fourth-order valence-electron chi connectivity index (χ4n) is 1.06. The number of rotatable bonds is 2. The summed E-state index contributed by atoms with van der Waals surface area (Å²) < 4.78 is 0.0353. The molecule has 1 rings (SSSR count). The average molecular weight is 312 g/mol. The van der Waals surface area contributed by atoms with Gasteiger partial charge in [-0.2, -0.15) is 5.26 Å². The van der Waals surface area contributed by atoms with Crippen molar-refractivity contribution in [1.82, 2.24) is 0 Å². The summed E-state index contributed by atoms with van der Waals surface area (Å²) in [4.78, 5) is 0. The lowest BCUT2D eigenvalue weighted by Gasteiger charge is -2.02. The smallest absolute Gasteiger partial charge is 0.143 e. The number of nitrogens with one attached hydrogen (secondary N) is 1. The molecule has 1 aromatic rings. The van der Waals surface area contributed by atoms with Crippen LogP contribution in [0.4, 0.5) is 0 Å². The quantitative estimate of drug-likeness (QED) is 0.381. The van der Waals surface area contributed by atoms with Gasteiger partial charge >= 0.3 is 0 Å². The molecule has 3 nitrogen and oxygen atoms in total. The van der Waals surface area contributed by atoms with E-state index in [-0.39, 0.29) is 15.1 Å². The van der Waals surface area contributed by atoms with Crippen molar-refractivity contribution in [2.24, 2.45) is 0 Å². The van der Waals surface area contributed by atoms with E-state index in [0.29, 0.717) is 5.56 Å². The number of hydrogen-bond donors (Lipinski definition) is 2. The Bertz CT molecular complexity index is 454. The van der Waals surface area contributed by atoms with E-state index < -0.39 is 0 Å². The molecule has 0 spiro atoms. The zero-order chi connectivity index (χ0) is 11.4. The van der Waals surface area contributed by atoms with Crippen LogP contribution >= 0.6 is 22.6 Å². The molecule has 0 aliphatic carbocycles. The minimum atomic E-state index is -0.142. The predicted octanol–water partition coefficient (Wildman–Crippen LogP) is 3.20. The van der Waals surface area contributed by atoms with Gasteiger partial charge in [-0.15, -0.1) is 0 Å². The summed E-state index contributed by atoms with van der Waals surface area (Å²) in [5.41, 5.74) is 1.63. The third-order valence-electron chi connectivity index (χ3n) is 1.89. The van der Waals surface area contributed by atoms with Gasteiger partial charge in [0.25, 0.3) is 0 Å². The molecule has 0 aliphatic rings. The lowest BCUT2D eigenvalue weighted by Crippen LogP contribution is -1.95. The van der Waals surface area contributed by atoms with Crippen LogP contribution < -0.4 is 0 Å². The maximum atomic E-state index is 9.75. The van der Waals surface area contributed by atoms with Crippen LogP contribution in [-0.4, -0.2) is 8.82 Å². The van der Waals surface area contributed by atoms with Crippen LogP contribution in [0, 0.1) is 23.7 Å². The summed E-state index contributed by atoms with van der Waals surface area (Å²) in [7, 11) is 0. The first-order chi connectivity index (χ1) is 7.06. The zero-order valence-corrected chi connectivity index (χ0v) is 10.2. The lowest BCUT2D eigenvalue weighted by atomic mass is 10.1. The van der Waals surface area contributed by atoms with E-state index in [4.69, 9.17) is 10.7 Å². The number of nitriles is 1. The highest BCUT2D eigenvalue weighted by Crippen LogP contribution is 2.18. The van der Waals surface area contributed by atoms with Gasteiger partial charge in [0.15, 0.2) is 0 Å². The Morgan fingerprint density at radius 3 is 2.33 bits per heavy atom. The van der Waals surface area contributed by atoms with Gasteiger partial charge < -0.3 is 5.11 Å². The summed E-state index contributed by atoms with van der Waals surface area (Å²) >= 11 is 1.70. The molecule has 1 aromatic carbocycles. The molecule has 15 heavy (non-hydrogen) atoms. The number of aliphatic hydroxyl groups excluding tert-OH is 1. The Morgan fingerprint density at radius 2 is 1.93 bits per heavy atom. The highest BCUT2D eigenvalue weighted by atomic mass is 127. The number of nitrogens with zero attached hydrogens (tertiary/aromatic N) is 1. The van der Waals surface area contributed by atoms with Gasteiger partial charge in [0, 0.05) is 5.56 Å². The predicted molar refractivity (Wildman–Crippen MR) is 68.1 cm³/mol. The molecule has 2 N–H and O–H groups in total. The maximum absolute atomic E-state index is 9.75. The number of allylic oxidation sites excluding steroid dienone is 1. The molecule has 0 fully saturated rings. The number of halogens is 1. The summed E-state index contributed by atoms with van der Waals surface area (Å²) in [5.74, 6) is -0.142. The molecular formula is C11H9IN2O. The van der Waals surface area contributed by atoms with Crippen molar-refractivity contribution in [2.45, 2.75) is 6.92 Å². The first-order valence-corrected chi connectivity index (χ1v) is 5.29. The molecule has 0 bridgehead atoms. The zero-order valence-electron chi connectivity index (χ0n) is 8.08. The first-order valence-electron chi connectivity index (χ1n) is 4.21. The van der Waals surface area contributed by atoms with Gasteiger partial charge in [-0.1, -0.05) is 29.8 Å². The summed E-state index contributed by atoms with van der Waals surface area (Å²) in [5, 5.41) is 25.8. The monoisotopic (exact) mass is 312 g/mol. The van der Waals surface area contributed by atoms with E-state index in [9.17, 15) is 5.11 Å². The number of aliphatic hydroxyl groups is 1. The standard InChI is InChI=1S/C11H9IN2O/c1-7-2-4-8(5-3-7)10(15)9(6-13)11(12)14/h2-5,14-15H,1H3/b10-9-,14-11?. The Labute approximate surface area is 102 Å². The van der Waals surface area contributed by atoms with E-state index in [1.807, 2.05) is 25.1 Å². The van der Waals surface area contributed by atoms with E-state index in [1.54, 1.807) is 34.7 Å².